The molecule has 150 valence electrons. The van der Waals surface area contributed by atoms with Crippen molar-refractivity contribution in [3.8, 4) is 0 Å². The van der Waals surface area contributed by atoms with Gasteiger partial charge in [0.2, 0.25) is 10.0 Å². The molecule has 0 unspecified atom stereocenters. The van der Waals surface area contributed by atoms with Gasteiger partial charge in [0.15, 0.2) is 0 Å². The number of nitrogens with zero attached hydrogens (tertiary/aromatic N) is 2. The molecule has 3 rings (SSSR count). The van der Waals surface area contributed by atoms with Crippen molar-refractivity contribution in [2.75, 3.05) is 5.32 Å². The van der Waals surface area contributed by atoms with E-state index in [9.17, 15) is 13.2 Å². The molecule has 1 heterocycles. The molecule has 28 heavy (non-hydrogen) atoms. The number of rotatable bonds is 5. The number of nitrogens with one attached hydrogen (secondary N) is 2. The molecular formula is C20H26N4O3S. The fourth-order valence-corrected chi connectivity index (χ4v) is 4.47. The number of sulfonamides is 1. The van der Waals surface area contributed by atoms with Crippen molar-refractivity contribution in [2.45, 2.75) is 62.8 Å². The molecule has 8 heteroatoms. The summed E-state index contributed by atoms with van der Waals surface area (Å²) in [5.74, 6) is 0.265. The number of hydrogen-bond donors (Lipinski definition) is 2. The minimum Gasteiger partial charge on any atom is -0.319 e. The molecule has 7 nitrogen and oxygen atoms in total. The van der Waals surface area contributed by atoms with E-state index in [1.807, 2.05) is 20.8 Å². The van der Waals surface area contributed by atoms with Crippen LogP contribution in [0.4, 0.5) is 5.69 Å². The summed E-state index contributed by atoms with van der Waals surface area (Å²) in [6.45, 7) is 6.02. The molecule has 0 spiro atoms. The van der Waals surface area contributed by atoms with E-state index in [1.54, 1.807) is 24.5 Å². The molecule has 0 radical (unpaired) electrons. The van der Waals surface area contributed by atoms with Crippen molar-refractivity contribution < 1.29 is 13.2 Å². The van der Waals surface area contributed by atoms with Crippen LogP contribution >= 0.6 is 0 Å². The molecule has 2 aromatic rings. The minimum atomic E-state index is -3.65. The van der Waals surface area contributed by atoms with Gasteiger partial charge in [-0.15, -0.1) is 0 Å². The molecule has 1 aromatic carbocycles. The summed E-state index contributed by atoms with van der Waals surface area (Å²) < 4.78 is 27.9. The summed E-state index contributed by atoms with van der Waals surface area (Å²) in [5.41, 5.74) is 0.530. The van der Waals surface area contributed by atoms with Crippen molar-refractivity contribution in [2.24, 2.45) is 0 Å². The zero-order valence-electron chi connectivity index (χ0n) is 16.4. The molecule has 1 aliphatic rings. The highest BCUT2D eigenvalue weighted by atomic mass is 32.2. The fourth-order valence-electron chi connectivity index (χ4n) is 3.12. The minimum absolute atomic E-state index is 0.0269. The Bertz CT molecular complexity index is 944. The van der Waals surface area contributed by atoms with E-state index in [-0.39, 0.29) is 21.9 Å². The summed E-state index contributed by atoms with van der Waals surface area (Å²) in [4.78, 5) is 21.2. The highest BCUT2D eigenvalue weighted by Gasteiger charge is 2.23. The van der Waals surface area contributed by atoms with E-state index in [0.29, 0.717) is 11.5 Å². The molecule has 1 saturated carbocycles. The number of aromatic nitrogens is 2. The Balaban J connectivity index is 1.73. The van der Waals surface area contributed by atoms with Crippen LogP contribution in [0.5, 0.6) is 0 Å². The number of carbonyl (C=O) groups is 1. The first-order chi connectivity index (χ1) is 13.1. The van der Waals surface area contributed by atoms with Crippen LogP contribution in [-0.4, -0.2) is 30.3 Å². The molecule has 0 bridgehead atoms. The zero-order chi connectivity index (χ0) is 20.4. The molecule has 2 N–H and O–H groups in total. The predicted molar refractivity (Wildman–Crippen MR) is 108 cm³/mol. The second-order valence-corrected chi connectivity index (χ2v) is 9.84. The third kappa shape index (κ3) is 4.94. The predicted octanol–water partition coefficient (Wildman–Crippen LogP) is 3.25. The van der Waals surface area contributed by atoms with Gasteiger partial charge in [-0.25, -0.2) is 23.1 Å². The van der Waals surface area contributed by atoms with Crippen molar-refractivity contribution >= 4 is 21.6 Å². The Morgan fingerprint density at radius 1 is 1.11 bits per heavy atom. The van der Waals surface area contributed by atoms with Crippen LogP contribution < -0.4 is 10.0 Å². The average Bonchev–Trinajstić information content (AvgIpc) is 3.14. The average molecular weight is 403 g/mol. The zero-order valence-corrected chi connectivity index (χ0v) is 17.2. The topological polar surface area (TPSA) is 101 Å². The van der Waals surface area contributed by atoms with E-state index in [1.165, 1.54) is 12.1 Å². The van der Waals surface area contributed by atoms with Crippen LogP contribution in [0.1, 0.15) is 62.6 Å². The molecule has 0 saturated heterocycles. The fraction of sp³-hybridized carbons (Fsp3) is 0.450. The van der Waals surface area contributed by atoms with Crippen molar-refractivity contribution in [1.82, 2.24) is 14.7 Å². The van der Waals surface area contributed by atoms with Crippen LogP contribution in [0.15, 0.2) is 41.6 Å². The van der Waals surface area contributed by atoms with E-state index in [2.05, 4.69) is 20.0 Å². The maximum atomic E-state index is 12.6. The molecule has 1 aromatic heterocycles. The lowest BCUT2D eigenvalue weighted by Gasteiger charge is -2.16. The van der Waals surface area contributed by atoms with Gasteiger partial charge in [0, 0.05) is 17.0 Å². The first-order valence-corrected chi connectivity index (χ1v) is 10.9. The maximum absolute atomic E-state index is 12.6. The second kappa shape index (κ2) is 7.97. The second-order valence-electron chi connectivity index (χ2n) is 8.13. The lowest BCUT2D eigenvalue weighted by atomic mass is 9.96. The van der Waals surface area contributed by atoms with E-state index in [4.69, 9.17) is 0 Å². The Labute approximate surface area is 166 Å². The Morgan fingerprint density at radius 2 is 1.75 bits per heavy atom. The number of hydrogen-bond acceptors (Lipinski definition) is 5. The summed E-state index contributed by atoms with van der Waals surface area (Å²) in [5, 5.41) is 2.71. The van der Waals surface area contributed by atoms with Gasteiger partial charge in [0.05, 0.1) is 23.0 Å². The van der Waals surface area contributed by atoms with E-state index < -0.39 is 15.9 Å². The van der Waals surface area contributed by atoms with Gasteiger partial charge in [-0.1, -0.05) is 39.7 Å². The summed E-state index contributed by atoms with van der Waals surface area (Å²) >= 11 is 0. The highest BCUT2D eigenvalue weighted by molar-refractivity contribution is 7.89. The lowest BCUT2D eigenvalue weighted by Crippen LogP contribution is -2.32. The maximum Gasteiger partial charge on any atom is 0.255 e. The van der Waals surface area contributed by atoms with Crippen molar-refractivity contribution in [3.05, 3.63) is 48.0 Å². The highest BCUT2D eigenvalue weighted by Crippen LogP contribution is 2.21. The van der Waals surface area contributed by atoms with E-state index in [0.717, 1.165) is 25.7 Å². The van der Waals surface area contributed by atoms with Crippen LogP contribution in [0.3, 0.4) is 0 Å². The SMILES string of the molecule is CC(C)(C)c1ncc(NC(=O)c2cccc(S(=O)(=O)NC3CCCC3)c2)cn1. The summed E-state index contributed by atoms with van der Waals surface area (Å²) in [6.07, 6.45) is 6.87. The Morgan fingerprint density at radius 3 is 2.36 bits per heavy atom. The smallest absolute Gasteiger partial charge is 0.255 e. The third-order valence-corrected chi connectivity index (χ3v) is 6.18. The molecular weight excluding hydrogens is 376 g/mol. The molecule has 1 aliphatic carbocycles. The number of anilines is 1. The van der Waals surface area contributed by atoms with Crippen molar-refractivity contribution in [1.29, 1.82) is 0 Å². The first kappa shape index (κ1) is 20.4. The monoisotopic (exact) mass is 402 g/mol. The van der Waals surface area contributed by atoms with Gasteiger partial charge >= 0.3 is 0 Å². The van der Waals surface area contributed by atoms with Gasteiger partial charge in [0.25, 0.3) is 5.91 Å². The van der Waals surface area contributed by atoms with Gasteiger partial charge in [0.1, 0.15) is 5.82 Å². The number of amides is 1. The molecule has 0 aliphatic heterocycles. The lowest BCUT2D eigenvalue weighted by molar-refractivity contribution is 0.102. The Kier molecular flexibility index (Phi) is 5.81. The summed E-state index contributed by atoms with van der Waals surface area (Å²) in [6, 6.07) is 6.00. The third-order valence-electron chi connectivity index (χ3n) is 4.66. The largest absolute Gasteiger partial charge is 0.319 e. The van der Waals surface area contributed by atoms with Crippen molar-refractivity contribution in [3.63, 3.8) is 0 Å². The Hall–Kier alpha value is -2.32. The number of carbonyl (C=O) groups excluding carboxylic acids is 1. The molecule has 1 amide bonds. The first-order valence-electron chi connectivity index (χ1n) is 9.41. The molecule has 0 atom stereocenters. The van der Waals surface area contributed by atoms with Crippen LogP contribution in [0, 0.1) is 0 Å². The van der Waals surface area contributed by atoms with Gasteiger partial charge in [-0.05, 0) is 31.0 Å². The normalized spacial score (nSPS) is 15.5. The standard InChI is InChI=1S/C20H26N4O3S/c1-20(2,3)19-21-12-16(13-22-19)23-18(25)14-7-6-10-17(11-14)28(26,27)24-15-8-4-5-9-15/h6-7,10-13,15,24H,4-5,8-9H2,1-3H3,(H,23,25). The van der Waals surface area contributed by atoms with Crippen LogP contribution in [-0.2, 0) is 15.4 Å². The van der Waals surface area contributed by atoms with Gasteiger partial charge in [-0.3, -0.25) is 4.79 Å². The molecule has 1 fully saturated rings. The quantitative estimate of drug-likeness (QED) is 0.799. The summed E-state index contributed by atoms with van der Waals surface area (Å²) in [7, 11) is -3.65. The van der Waals surface area contributed by atoms with E-state index >= 15 is 0 Å². The van der Waals surface area contributed by atoms with Gasteiger partial charge in [-0.2, -0.15) is 0 Å². The van der Waals surface area contributed by atoms with Crippen LogP contribution in [0.2, 0.25) is 0 Å². The van der Waals surface area contributed by atoms with Crippen LogP contribution in [0.25, 0.3) is 0 Å². The number of benzene rings is 1. The van der Waals surface area contributed by atoms with Gasteiger partial charge < -0.3 is 5.32 Å².